The molecule has 1 aliphatic heterocycles. The Balaban J connectivity index is 2.16. The smallest absolute Gasteiger partial charge is 0.272 e. The number of hydrogen-bond donors (Lipinski definition) is 1. The van der Waals surface area contributed by atoms with Gasteiger partial charge >= 0.3 is 0 Å². The molecule has 2 atom stereocenters. The van der Waals surface area contributed by atoms with E-state index in [1.807, 2.05) is 6.92 Å². The molecule has 0 spiro atoms. The number of nitrogens with zero attached hydrogens (tertiary/aromatic N) is 2. The third kappa shape index (κ3) is 2.41. The second-order valence-corrected chi connectivity index (χ2v) is 4.54. The van der Waals surface area contributed by atoms with E-state index in [0.29, 0.717) is 24.1 Å². The molecule has 1 aromatic heterocycles. The summed E-state index contributed by atoms with van der Waals surface area (Å²) >= 11 is 0. The van der Waals surface area contributed by atoms with Crippen LogP contribution in [0, 0.1) is 0 Å². The summed E-state index contributed by atoms with van der Waals surface area (Å²) in [5.41, 5.74) is 0.750. The van der Waals surface area contributed by atoms with Gasteiger partial charge in [0.15, 0.2) is 6.29 Å². The average Bonchev–Trinajstić information content (AvgIpc) is 2.41. The lowest BCUT2D eigenvalue weighted by Gasteiger charge is -2.36. The molecule has 1 aromatic rings. The van der Waals surface area contributed by atoms with Crippen molar-refractivity contribution in [1.29, 1.82) is 0 Å². The highest BCUT2D eigenvalue weighted by Gasteiger charge is 2.30. The molecule has 0 aliphatic carbocycles. The predicted octanol–water partition coefficient (Wildman–Crippen LogP) is 0.880. The summed E-state index contributed by atoms with van der Waals surface area (Å²) in [6.45, 7) is 2.47. The van der Waals surface area contributed by atoms with Gasteiger partial charge in [0.05, 0.1) is 12.1 Å². The number of aldehydes is 1. The number of carbonyl (C=O) groups excluding carboxylic acids is 2. The number of aliphatic hydroxyl groups excluding tert-OH is 1. The summed E-state index contributed by atoms with van der Waals surface area (Å²) in [7, 11) is 0. The van der Waals surface area contributed by atoms with E-state index in [2.05, 4.69) is 4.98 Å². The Hall–Kier alpha value is -1.75. The highest BCUT2D eigenvalue weighted by Crippen LogP contribution is 2.19. The Kier molecular flexibility index (Phi) is 3.72. The molecule has 18 heavy (non-hydrogen) atoms. The van der Waals surface area contributed by atoms with Crippen LogP contribution in [0.15, 0.2) is 18.3 Å². The van der Waals surface area contributed by atoms with Crippen LogP contribution in [-0.4, -0.2) is 45.9 Å². The maximum atomic E-state index is 12.2. The van der Waals surface area contributed by atoms with E-state index in [1.54, 1.807) is 17.0 Å². The summed E-state index contributed by atoms with van der Waals surface area (Å²) in [5.74, 6) is -0.196. The van der Waals surface area contributed by atoms with E-state index in [-0.39, 0.29) is 11.9 Å². The van der Waals surface area contributed by atoms with Crippen molar-refractivity contribution in [3.05, 3.63) is 29.6 Å². The zero-order valence-electron chi connectivity index (χ0n) is 10.2. The first-order chi connectivity index (χ1) is 8.63. The van der Waals surface area contributed by atoms with Gasteiger partial charge in [-0.2, -0.15) is 0 Å². The monoisotopic (exact) mass is 248 g/mol. The van der Waals surface area contributed by atoms with Gasteiger partial charge in [-0.25, -0.2) is 0 Å². The molecule has 1 fully saturated rings. The third-order valence-corrected chi connectivity index (χ3v) is 3.35. The van der Waals surface area contributed by atoms with Gasteiger partial charge in [0.25, 0.3) is 5.91 Å². The van der Waals surface area contributed by atoms with Gasteiger partial charge < -0.3 is 10.0 Å². The molecule has 0 unspecified atom stereocenters. The minimum Gasteiger partial charge on any atom is -0.391 e. The zero-order valence-corrected chi connectivity index (χ0v) is 10.2. The Bertz CT molecular complexity index is 444. The van der Waals surface area contributed by atoms with Crippen molar-refractivity contribution < 1.29 is 14.7 Å². The second-order valence-electron chi connectivity index (χ2n) is 4.54. The number of carbonyl (C=O) groups is 2. The summed E-state index contributed by atoms with van der Waals surface area (Å²) in [5, 5.41) is 9.77. The van der Waals surface area contributed by atoms with Gasteiger partial charge in [0.1, 0.15) is 5.69 Å². The molecule has 2 rings (SSSR count). The third-order valence-electron chi connectivity index (χ3n) is 3.35. The molecule has 2 heterocycles. The van der Waals surface area contributed by atoms with E-state index >= 15 is 0 Å². The maximum absolute atomic E-state index is 12.2. The van der Waals surface area contributed by atoms with E-state index in [0.717, 1.165) is 12.8 Å². The van der Waals surface area contributed by atoms with Crippen molar-refractivity contribution >= 4 is 12.2 Å². The maximum Gasteiger partial charge on any atom is 0.272 e. The molecule has 0 bridgehead atoms. The van der Waals surface area contributed by atoms with Crippen LogP contribution < -0.4 is 0 Å². The summed E-state index contributed by atoms with van der Waals surface area (Å²) in [6, 6.07) is 2.91. The van der Waals surface area contributed by atoms with E-state index in [1.165, 1.54) is 6.20 Å². The van der Waals surface area contributed by atoms with Crippen molar-refractivity contribution in [3.63, 3.8) is 0 Å². The molecule has 96 valence electrons. The lowest BCUT2D eigenvalue weighted by Crippen LogP contribution is -2.49. The molecule has 5 heteroatoms. The van der Waals surface area contributed by atoms with Crippen LogP contribution in [0.4, 0.5) is 0 Å². The fourth-order valence-corrected chi connectivity index (χ4v) is 2.16. The molecule has 1 N–H and O–H groups in total. The zero-order chi connectivity index (χ0) is 13.1. The summed E-state index contributed by atoms with van der Waals surface area (Å²) in [6.07, 6.45) is 3.11. The molecular formula is C13H16N2O3. The van der Waals surface area contributed by atoms with E-state index in [4.69, 9.17) is 0 Å². The first-order valence-corrected chi connectivity index (χ1v) is 6.03. The fraction of sp³-hybridized carbons (Fsp3) is 0.462. The van der Waals surface area contributed by atoms with Gasteiger partial charge in [-0.05, 0) is 31.9 Å². The summed E-state index contributed by atoms with van der Waals surface area (Å²) in [4.78, 5) is 28.4. The Morgan fingerprint density at radius 2 is 2.33 bits per heavy atom. The normalized spacial score (nSPS) is 23.8. The number of rotatable bonds is 2. The molecule has 1 saturated heterocycles. The van der Waals surface area contributed by atoms with Crippen LogP contribution in [0.5, 0.6) is 0 Å². The highest BCUT2D eigenvalue weighted by molar-refractivity contribution is 5.93. The van der Waals surface area contributed by atoms with Crippen LogP contribution in [0.2, 0.25) is 0 Å². The standard InChI is InChI=1S/C13H16N2O3/c1-9-12(17)3-2-6-15(9)13(18)11-5-4-10(8-16)7-14-11/h4-5,7-9,12,17H,2-3,6H2,1H3/t9-,12-/m1/s1. The number of likely N-dealkylation sites (tertiary alicyclic amines) is 1. The van der Waals surface area contributed by atoms with Gasteiger partial charge in [-0.15, -0.1) is 0 Å². The molecule has 0 radical (unpaired) electrons. The minimum absolute atomic E-state index is 0.196. The quantitative estimate of drug-likeness (QED) is 0.789. The number of aromatic nitrogens is 1. The second kappa shape index (κ2) is 5.27. The topological polar surface area (TPSA) is 70.5 Å². The van der Waals surface area contributed by atoms with Crippen LogP contribution in [-0.2, 0) is 0 Å². The lowest BCUT2D eigenvalue weighted by molar-refractivity contribution is 0.0177. The van der Waals surface area contributed by atoms with Crippen LogP contribution in [0.25, 0.3) is 0 Å². The molecule has 0 saturated carbocycles. The largest absolute Gasteiger partial charge is 0.391 e. The molecule has 1 amide bonds. The number of piperidine rings is 1. The first-order valence-electron chi connectivity index (χ1n) is 6.03. The Morgan fingerprint density at radius 3 is 2.94 bits per heavy atom. The first kappa shape index (κ1) is 12.7. The predicted molar refractivity (Wildman–Crippen MR) is 65.4 cm³/mol. The van der Waals surface area contributed by atoms with Gasteiger partial charge in [0, 0.05) is 18.3 Å². The Labute approximate surface area is 105 Å². The lowest BCUT2D eigenvalue weighted by atomic mass is 10.00. The highest BCUT2D eigenvalue weighted by atomic mass is 16.3. The average molecular weight is 248 g/mol. The van der Waals surface area contributed by atoms with Crippen LogP contribution >= 0.6 is 0 Å². The number of hydrogen-bond acceptors (Lipinski definition) is 4. The SMILES string of the molecule is C[C@@H]1[C@H](O)CCCN1C(=O)c1ccc(C=O)cn1. The van der Waals surface area contributed by atoms with Gasteiger partial charge in [0.2, 0.25) is 0 Å². The van der Waals surface area contributed by atoms with E-state index in [9.17, 15) is 14.7 Å². The molecule has 1 aliphatic rings. The van der Waals surface area contributed by atoms with E-state index < -0.39 is 6.10 Å². The molecule has 0 aromatic carbocycles. The van der Waals surface area contributed by atoms with Crippen molar-refractivity contribution in [2.75, 3.05) is 6.54 Å². The van der Waals surface area contributed by atoms with Crippen LogP contribution in [0.3, 0.4) is 0 Å². The van der Waals surface area contributed by atoms with Crippen LogP contribution in [0.1, 0.15) is 40.6 Å². The van der Waals surface area contributed by atoms with Crippen molar-refractivity contribution in [2.45, 2.75) is 31.9 Å². The molecule has 5 nitrogen and oxygen atoms in total. The Morgan fingerprint density at radius 1 is 1.56 bits per heavy atom. The number of aliphatic hydroxyl groups is 1. The number of pyridine rings is 1. The van der Waals surface area contributed by atoms with Crippen molar-refractivity contribution in [1.82, 2.24) is 9.88 Å². The fourth-order valence-electron chi connectivity index (χ4n) is 2.16. The van der Waals surface area contributed by atoms with Crippen molar-refractivity contribution in [2.24, 2.45) is 0 Å². The van der Waals surface area contributed by atoms with Gasteiger partial charge in [-0.3, -0.25) is 14.6 Å². The van der Waals surface area contributed by atoms with Gasteiger partial charge in [-0.1, -0.05) is 0 Å². The summed E-state index contributed by atoms with van der Waals surface area (Å²) < 4.78 is 0. The van der Waals surface area contributed by atoms with Crippen molar-refractivity contribution in [3.8, 4) is 0 Å². The number of amides is 1. The minimum atomic E-state index is -0.475. The molecular weight excluding hydrogens is 232 g/mol.